The fourth-order valence-corrected chi connectivity index (χ4v) is 2.21. The molecule has 1 saturated heterocycles. The van der Waals surface area contributed by atoms with Crippen LogP contribution >= 0.6 is 0 Å². The zero-order valence-electron chi connectivity index (χ0n) is 13.1. The number of carbonyl (C=O) groups is 1. The molecule has 0 aromatic carbocycles. The van der Waals surface area contributed by atoms with Crippen molar-refractivity contribution in [2.45, 2.75) is 44.7 Å². The number of anilines is 1. The van der Waals surface area contributed by atoms with Crippen molar-refractivity contribution in [1.29, 1.82) is 0 Å². The molecule has 0 bridgehead atoms. The minimum Gasteiger partial charge on any atom is -0.462 e. The lowest BCUT2D eigenvalue weighted by molar-refractivity contribution is -0.152. The van der Waals surface area contributed by atoms with Crippen LogP contribution in [0.1, 0.15) is 26.5 Å². The lowest BCUT2D eigenvalue weighted by Crippen LogP contribution is -2.39. The summed E-state index contributed by atoms with van der Waals surface area (Å²) in [7, 11) is 0. The number of carbonyl (C=O) groups excluding carboxylic acids is 1. The highest BCUT2D eigenvalue weighted by atomic mass is 16.6. The third-order valence-electron chi connectivity index (χ3n) is 3.75. The second-order valence-corrected chi connectivity index (χ2v) is 5.87. The molecule has 0 amide bonds. The molecule has 9 heteroatoms. The molecule has 0 saturated carbocycles. The Hall–Kier alpha value is -1.97. The lowest BCUT2D eigenvalue weighted by atomic mass is 10.1. The number of aromatic nitrogens is 2. The Balaban J connectivity index is 1.96. The first-order chi connectivity index (χ1) is 10.8. The van der Waals surface area contributed by atoms with Crippen LogP contribution in [0.4, 0.5) is 5.82 Å². The van der Waals surface area contributed by atoms with E-state index in [1.165, 1.54) is 16.8 Å². The van der Waals surface area contributed by atoms with Gasteiger partial charge in [0, 0.05) is 12.6 Å². The molecule has 2 heterocycles. The zero-order valence-corrected chi connectivity index (χ0v) is 13.1. The van der Waals surface area contributed by atoms with Crippen LogP contribution in [0.3, 0.4) is 0 Å². The Bertz CT molecular complexity index is 617. The van der Waals surface area contributed by atoms with Crippen molar-refractivity contribution in [3.8, 4) is 0 Å². The van der Waals surface area contributed by atoms with Crippen molar-refractivity contribution in [3.05, 3.63) is 22.7 Å². The van der Waals surface area contributed by atoms with Crippen LogP contribution in [-0.2, 0) is 14.3 Å². The third-order valence-corrected chi connectivity index (χ3v) is 3.75. The van der Waals surface area contributed by atoms with Crippen molar-refractivity contribution in [2.24, 2.45) is 11.7 Å². The Kier molecular flexibility index (Phi) is 5.34. The Morgan fingerprint density at radius 2 is 2.30 bits per heavy atom. The fraction of sp³-hybridized carbons (Fsp3) is 0.643. The van der Waals surface area contributed by atoms with Gasteiger partial charge in [0.15, 0.2) is 0 Å². The smallest absolute Gasteiger partial charge is 0.351 e. The van der Waals surface area contributed by atoms with E-state index < -0.39 is 36.1 Å². The third kappa shape index (κ3) is 4.06. The van der Waals surface area contributed by atoms with E-state index in [2.05, 4.69) is 4.98 Å². The highest BCUT2D eigenvalue weighted by Gasteiger charge is 2.36. The predicted octanol–water partition coefficient (Wildman–Crippen LogP) is -1.000. The monoisotopic (exact) mass is 326 g/mol. The topological polar surface area (TPSA) is 143 Å². The first-order valence-corrected chi connectivity index (χ1v) is 7.40. The number of nitrogens with two attached hydrogens (primary N) is 2. The quantitative estimate of drug-likeness (QED) is 0.585. The van der Waals surface area contributed by atoms with Crippen LogP contribution in [-0.4, -0.2) is 45.5 Å². The first-order valence-electron chi connectivity index (χ1n) is 7.40. The number of ether oxygens (including phenoxy) is 2. The summed E-state index contributed by atoms with van der Waals surface area (Å²) in [6, 6.07) is 0.736. The van der Waals surface area contributed by atoms with Crippen molar-refractivity contribution in [3.63, 3.8) is 0 Å². The van der Waals surface area contributed by atoms with Gasteiger partial charge in [0.2, 0.25) is 0 Å². The average molecular weight is 326 g/mol. The van der Waals surface area contributed by atoms with Gasteiger partial charge in [0.05, 0.1) is 6.10 Å². The minimum atomic E-state index is -0.868. The molecule has 1 aliphatic heterocycles. The normalized spacial score (nSPS) is 25.5. The van der Waals surface area contributed by atoms with Crippen LogP contribution < -0.4 is 17.2 Å². The van der Waals surface area contributed by atoms with Gasteiger partial charge in [-0.25, -0.2) is 4.79 Å². The Morgan fingerprint density at radius 3 is 2.91 bits per heavy atom. The summed E-state index contributed by atoms with van der Waals surface area (Å²) in [5.74, 6) is -0.493. The minimum absolute atomic E-state index is 0.0518. The standard InChI is InChI=1S/C14H22N4O5/c1-7(2)12(16)13(20)22-6-9-8(19)5-11(23-9)18-4-3-10(15)17-14(18)21/h3-4,7-9,11-12,19H,5-6,16H2,1-2H3,(H2,15,17,21)/t8?,9-,11-,12-/m0/s1. The fourth-order valence-electron chi connectivity index (χ4n) is 2.21. The molecule has 0 spiro atoms. The molecule has 1 aromatic heterocycles. The van der Waals surface area contributed by atoms with E-state index in [-0.39, 0.29) is 24.8 Å². The number of aliphatic hydroxyl groups is 1. The molecule has 0 aliphatic carbocycles. The SMILES string of the molecule is CC(C)[C@H](N)C(=O)OC[C@@H]1O[C@H](n2ccc(N)nc2=O)CC1O. The van der Waals surface area contributed by atoms with Crippen LogP contribution in [0.25, 0.3) is 0 Å². The first kappa shape index (κ1) is 17.4. The second-order valence-electron chi connectivity index (χ2n) is 5.87. The van der Waals surface area contributed by atoms with Crippen molar-refractivity contribution in [2.75, 3.05) is 12.3 Å². The molecular weight excluding hydrogens is 304 g/mol. The number of rotatable bonds is 5. The van der Waals surface area contributed by atoms with E-state index >= 15 is 0 Å². The molecule has 128 valence electrons. The highest BCUT2D eigenvalue weighted by molar-refractivity contribution is 5.75. The van der Waals surface area contributed by atoms with Crippen LogP contribution in [0, 0.1) is 5.92 Å². The molecule has 1 fully saturated rings. The number of aliphatic hydroxyl groups excluding tert-OH is 1. The van der Waals surface area contributed by atoms with Gasteiger partial charge in [-0.3, -0.25) is 9.36 Å². The summed E-state index contributed by atoms with van der Waals surface area (Å²) in [5, 5.41) is 10.0. The Labute approximate surface area is 133 Å². The largest absolute Gasteiger partial charge is 0.462 e. The lowest BCUT2D eigenvalue weighted by Gasteiger charge is -2.18. The maximum absolute atomic E-state index is 11.8. The van der Waals surface area contributed by atoms with Gasteiger partial charge in [-0.15, -0.1) is 0 Å². The van der Waals surface area contributed by atoms with Crippen LogP contribution in [0.5, 0.6) is 0 Å². The van der Waals surface area contributed by atoms with Crippen molar-refractivity contribution in [1.82, 2.24) is 9.55 Å². The van der Waals surface area contributed by atoms with Gasteiger partial charge in [-0.2, -0.15) is 4.98 Å². The van der Waals surface area contributed by atoms with Gasteiger partial charge in [-0.05, 0) is 12.0 Å². The molecule has 1 aliphatic rings. The predicted molar refractivity (Wildman–Crippen MR) is 81.2 cm³/mol. The Morgan fingerprint density at radius 1 is 1.61 bits per heavy atom. The van der Waals surface area contributed by atoms with Gasteiger partial charge in [-0.1, -0.05) is 13.8 Å². The molecule has 1 unspecified atom stereocenters. The zero-order chi connectivity index (χ0) is 17.1. The number of nitrogen functional groups attached to an aromatic ring is 1. The number of esters is 1. The molecule has 5 N–H and O–H groups in total. The number of hydrogen-bond acceptors (Lipinski definition) is 8. The van der Waals surface area contributed by atoms with Gasteiger partial charge >= 0.3 is 11.7 Å². The summed E-state index contributed by atoms with van der Waals surface area (Å²) in [6.45, 7) is 3.49. The van der Waals surface area contributed by atoms with E-state index in [9.17, 15) is 14.7 Å². The summed E-state index contributed by atoms with van der Waals surface area (Å²) in [6.07, 6.45) is -0.650. The van der Waals surface area contributed by atoms with E-state index in [0.717, 1.165) is 0 Å². The summed E-state index contributed by atoms with van der Waals surface area (Å²) in [5.41, 5.74) is 10.6. The molecule has 2 rings (SSSR count). The van der Waals surface area contributed by atoms with E-state index in [1.54, 1.807) is 0 Å². The molecule has 9 nitrogen and oxygen atoms in total. The van der Waals surface area contributed by atoms with Crippen molar-refractivity contribution >= 4 is 11.8 Å². The summed E-state index contributed by atoms with van der Waals surface area (Å²) >= 11 is 0. The molecule has 23 heavy (non-hydrogen) atoms. The maximum Gasteiger partial charge on any atom is 0.351 e. The van der Waals surface area contributed by atoms with Gasteiger partial charge in [0.25, 0.3) is 0 Å². The molecule has 0 radical (unpaired) electrons. The molecular formula is C14H22N4O5. The number of hydrogen-bond donors (Lipinski definition) is 3. The van der Waals surface area contributed by atoms with E-state index in [1.807, 2.05) is 13.8 Å². The summed E-state index contributed by atoms with van der Waals surface area (Å²) < 4.78 is 11.9. The van der Waals surface area contributed by atoms with Gasteiger partial charge in [0.1, 0.15) is 30.8 Å². The summed E-state index contributed by atoms with van der Waals surface area (Å²) in [4.78, 5) is 27.1. The molecule has 4 atom stereocenters. The second kappa shape index (κ2) is 7.07. The van der Waals surface area contributed by atoms with Crippen LogP contribution in [0.15, 0.2) is 17.1 Å². The van der Waals surface area contributed by atoms with E-state index in [0.29, 0.717) is 0 Å². The maximum atomic E-state index is 11.8. The number of nitrogens with zero attached hydrogens (tertiary/aromatic N) is 2. The van der Waals surface area contributed by atoms with Crippen LogP contribution in [0.2, 0.25) is 0 Å². The average Bonchev–Trinajstić information content (AvgIpc) is 2.84. The highest BCUT2D eigenvalue weighted by Crippen LogP contribution is 2.27. The van der Waals surface area contributed by atoms with E-state index in [4.69, 9.17) is 20.9 Å². The van der Waals surface area contributed by atoms with Gasteiger partial charge < -0.3 is 26.0 Å². The molecule has 1 aromatic rings. The van der Waals surface area contributed by atoms with Crippen molar-refractivity contribution < 1.29 is 19.4 Å².